The number of aromatic nitrogens is 2. The highest BCUT2D eigenvalue weighted by Gasteiger charge is 2.22. The number of carbonyl (C=O) groups is 2. The summed E-state index contributed by atoms with van der Waals surface area (Å²) in [6.45, 7) is 7.51. The summed E-state index contributed by atoms with van der Waals surface area (Å²) in [6, 6.07) is 7.34. The number of hydrogen-bond acceptors (Lipinski definition) is 7. The number of nitrogens with zero attached hydrogens (tertiary/aromatic N) is 2. The van der Waals surface area contributed by atoms with Crippen LogP contribution in [0.25, 0.3) is 0 Å². The molecule has 8 nitrogen and oxygen atoms in total. The van der Waals surface area contributed by atoms with E-state index in [-0.39, 0.29) is 11.8 Å². The molecule has 1 unspecified atom stereocenters. The van der Waals surface area contributed by atoms with Gasteiger partial charge in [-0.15, -0.1) is 0 Å². The summed E-state index contributed by atoms with van der Waals surface area (Å²) in [5.74, 6) is 1.44. The van der Waals surface area contributed by atoms with Gasteiger partial charge in [0, 0.05) is 29.1 Å². The molecule has 3 N–H and O–H groups in total. The predicted molar refractivity (Wildman–Crippen MR) is 126 cm³/mol. The van der Waals surface area contributed by atoms with Gasteiger partial charge in [0.15, 0.2) is 0 Å². The van der Waals surface area contributed by atoms with Crippen LogP contribution in [0.1, 0.15) is 25.8 Å². The molecule has 0 spiro atoms. The highest BCUT2D eigenvalue weighted by molar-refractivity contribution is 5.99. The third-order valence-corrected chi connectivity index (χ3v) is 5.06. The molecule has 1 aliphatic carbocycles. The van der Waals surface area contributed by atoms with Crippen LogP contribution in [0.4, 0.5) is 23.1 Å². The smallest absolute Gasteiger partial charge is 0.247 e. The number of nitrogens with one attached hydrogen (secondary N) is 3. The number of anilines is 4. The molecular formula is C24H27N5O3. The summed E-state index contributed by atoms with van der Waals surface area (Å²) in [4.78, 5) is 31.9. The molecule has 2 aromatic rings. The predicted octanol–water partition coefficient (Wildman–Crippen LogP) is 4.34. The van der Waals surface area contributed by atoms with Crippen molar-refractivity contribution in [3.63, 3.8) is 0 Å². The molecule has 0 saturated heterocycles. The first-order valence-electron chi connectivity index (χ1n) is 10.3. The van der Waals surface area contributed by atoms with Gasteiger partial charge in [0.25, 0.3) is 0 Å². The lowest BCUT2D eigenvalue weighted by Gasteiger charge is -2.24. The van der Waals surface area contributed by atoms with E-state index in [2.05, 4.69) is 32.5 Å². The fourth-order valence-corrected chi connectivity index (χ4v) is 3.40. The first-order chi connectivity index (χ1) is 15.5. The van der Waals surface area contributed by atoms with E-state index >= 15 is 0 Å². The molecule has 1 heterocycles. The van der Waals surface area contributed by atoms with Crippen LogP contribution in [0, 0.1) is 5.92 Å². The van der Waals surface area contributed by atoms with Gasteiger partial charge in [-0.25, -0.2) is 4.98 Å². The van der Waals surface area contributed by atoms with Gasteiger partial charge < -0.3 is 20.7 Å². The molecular weight excluding hydrogens is 406 g/mol. The normalized spacial score (nSPS) is 15.5. The molecule has 0 aliphatic heterocycles. The maximum atomic E-state index is 11.6. The van der Waals surface area contributed by atoms with E-state index in [1.807, 2.05) is 32.0 Å². The summed E-state index contributed by atoms with van der Waals surface area (Å²) in [5, 5.41) is 9.32. The third kappa shape index (κ3) is 5.40. The molecule has 0 fully saturated rings. The zero-order valence-electron chi connectivity index (χ0n) is 18.4. The van der Waals surface area contributed by atoms with Gasteiger partial charge in [0.1, 0.15) is 17.9 Å². The van der Waals surface area contributed by atoms with Gasteiger partial charge in [0.05, 0.1) is 12.8 Å². The minimum atomic E-state index is -0.277. The van der Waals surface area contributed by atoms with Crippen LogP contribution < -0.4 is 16.0 Å². The van der Waals surface area contributed by atoms with E-state index in [1.54, 1.807) is 25.4 Å². The molecule has 1 aromatic heterocycles. The van der Waals surface area contributed by atoms with Crippen LogP contribution in [0.2, 0.25) is 0 Å². The maximum absolute atomic E-state index is 11.6. The number of amides is 1. The number of aldehydes is 1. The van der Waals surface area contributed by atoms with Crippen LogP contribution >= 0.6 is 0 Å². The van der Waals surface area contributed by atoms with Crippen molar-refractivity contribution in [2.24, 2.45) is 5.92 Å². The van der Waals surface area contributed by atoms with Crippen molar-refractivity contribution < 1.29 is 14.3 Å². The lowest BCUT2D eigenvalue weighted by Crippen LogP contribution is -2.19. The van der Waals surface area contributed by atoms with Crippen molar-refractivity contribution in [3.05, 3.63) is 71.8 Å². The van der Waals surface area contributed by atoms with Gasteiger partial charge >= 0.3 is 0 Å². The van der Waals surface area contributed by atoms with E-state index in [0.717, 1.165) is 29.7 Å². The third-order valence-electron chi connectivity index (χ3n) is 5.06. The first-order valence-corrected chi connectivity index (χ1v) is 10.3. The van der Waals surface area contributed by atoms with E-state index in [4.69, 9.17) is 4.74 Å². The van der Waals surface area contributed by atoms with Crippen molar-refractivity contribution in [3.8, 4) is 0 Å². The number of carbonyl (C=O) groups excluding carboxylic acids is 2. The number of hydrogen-bond donors (Lipinski definition) is 3. The van der Waals surface area contributed by atoms with E-state index in [1.165, 1.54) is 6.08 Å². The Hall–Kier alpha value is -3.94. The van der Waals surface area contributed by atoms with Crippen molar-refractivity contribution in [2.75, 3.05) is 23.1 Å². The van der Waals surface area contributed by atoms with E-state index in [9.17, 15) is 9.59 Å². The van der Waals surface area contributed by atoms with Crippen LogP contribution in [0.3, 0.4) is 0 Å². The molecule has 166 valence electrons. The summed E-state index contributed by atoms with van der Waals surface area (Å²) in [5.41, 5.74) is 3.87. The van der Waals surface area contributed by atoms with Gasteiger partial charge in [-0.2, -0.15) is 4.98 Å². The lowest BCUT2D eigenvalue weighted by atomic mass is 9.92. The number of methoxy groups -OCH3 is 1. The summed E-state index contributed by atoms with van der Waals surface area (Å²) in [7, 11) is 1.57. The molecule has 32 heavy (non-hydrogen) atoms. The minimum absolute atomic E-state index is 0.0474. The number of ether oxygens (including phenoxy) is 1. The fourth-order valence-electron chi connectivity index (χ4n) is 3.40. The zero-order chi connectivity index (χ0) is 23.1. The molecule has 0 saturated carbocycles. The quantitative estimate of drug-likeness (QED) is 0.399. The average molecular weight is 434 g/mol. The van der Waals surface area contributed by atoms with Crippen molar-refractivity contribution in [2.45, 2.75) is 26.7 Å². The highest BCUT2D eigenvalue weighted by Crippen LogP contribution is 2.30. The number of allylic oxidation sites excluding steroid dienone is 3. The molecule has 8 heteroatoms. The van der Waals surface area contributed by atoms with Crippen LogP contribution in [0.15, 0.2) is 66.2 Å². The second-order valence-corrected chi connectivity index (χ2v) is 7.37. The fraction of sp³-hybridized carbons (Fsp3) is 0.250. The second-order valence-electron chi connectivity index (χ2n) is 7.37. The van der Waals surface area contributed by atoms with Gasteiger partial charge in [-0.05, 0) is 48.8 Å². The standard InChI is InChI=1S/C24H27N5O3/c1-5-17-13-25-24(28-22-15(3)10-16(14-30)11-20(22)32-4)29-23(17)27-19-9-7-8-18(12-19)26-21(31)6-2/h6-9,11-15H,2,5,10H2,1,3-4H3,(H,26,31)(H2,25,27,28,29). The Bertz CT molecular complexity index is 1090. The Labute approximate surface area is 187 Å². The molecule has 0 radical (unpaired) electrons. The highest BCUT2D eigenvalue weighted by atomic mass is 16.5. The average Bonchev–Trinajstić information content (AvgIpc) is 2.80. The molecule has 1 atom stereocenters. The molecule has 3 rings (SSSR count). The van der Waals surface area contributed by atoms with Crippen LogP contribution in [-0.4, -0.2) is 29.3 Å². The second kappa shape index (κ2) is 10.4. The van der Waals surface area contributed by atoms with E-state index < -0.39 is 0 Å². The number of benzene rings is 1. The Morgan fingerprint density at radius 3 is 2.78 bits per heavy atom. The zero-order valence-corrected chi connectivity index (χ0v) is 18.4. The molecule has 1 aliphatic rings. The Morgan fingerprint density at radius 2 is 2.09 bits per heavy atom. The van der Waals surface area contributed by atoms with Gasteiger partial charge in [0.2, 0.25) is 11.9 Å². The summed E-state index contributed by atoms with van der Waals surface area (Å²) in [6.07, 6.45) is 6.93. The van der Waals surface area contributed by atoms with Gasteiger partial charge in [-0.1, -0.05) is 26.5 Å². The maximum Gasteiger partial charge on any atom is 0.247 e. The van der Waals surface area contributed by atoms with Crippen molar-refractivity contribution >= 4 is 35.3 Å². The lowest BCUT2D eigenvalue weighted by molar-refractivity contribution is -0.112. The van der Waals surface area contributed by atoms with Crippen LogP contribution in [-0.2, 0) is 20.7 Å². The summed E-state index contributed by atoms with van der Waals surface area (Å²) < 4.78 is 5.47. The minimum Gasteiger partial charge on any atom is -0.495 e. The largest absolute Gasteiger partial charge is 0.495 e. The molecule has 1 amide bonds. The number of rotatable bonds is 9. The van der Waals surface area contributed by atoms with Gasteiger partial charge in [-0.3, -0.25) is 9.59 Å². The SMILES string of the molecule is C=CC(=O)Nc1cccc(Nc2nc(NC3=C(OC)C=C(C=O)CC3C)ncc2CC)c1. The first kappa shape index (κ1) is 22.7. The Kier molecular flexibility index (Phi) is 7.38. The van der Waals surface area contributed by atoms with Crippen molar-refractivity contribution in [1.82, 2.24) is 9.97 Å². The molecule has 1 aromatic carbocycles. The Morgan fingerprint density at radius 1 is 1.31 bits per heavy atom. The molecule has 0 bridgehead atoms. The van der Waals surface area contributed by atoms with Crippen molar-refractivity contribution in [1.29, 1.82) is 0 Å². The summed E-state index contributed by atoms with van der Waals surface area (Å²) >= 11 is 0. The van der Waals surface area contributed by atoms with E-state index in [0.29, 0.717) is 35.2 Å². The van der Waals surface area contributed by atoms with Crippen LogP contribution in [0.5, 0.6) is 0 Å². The topological polar surface area (TPSA) is 105 Å². The number of aryl methyl sites for hydroxylation is 1. The Balaban J connectivity index is 1.88. The monoisotopic (exact) mass is 433 g/mol.